The molecule has 0 aliphatic rings. The number of imidazole rings is 1. The van der Waals surface area contributed by atoms with Gasteiger partial charge in [-0.15, -0.1) is 11.3 Å². The lowest BCUT2D eigenvalue weighted by Gasteiger charge is -2.22. The molecule has 0 aliphatic heterocycles. The van der Waals surface area contributed by atoms with Crippen molar-refractivity contribution in [3.05, 3.63) is 68.5 Å². The maximum Gasteiger partial charge on any atom is 0.292 e. The Balaban J connectivity index is 1.97. The highest BCUT2D eigenvalue weighted by molar-refractivity contribution is 9.11. The Morgan fingerprint density at radius 1 is 1.28 bits per heavy atom. The number of ether oxygens (including phenoxy) is 1. The predicted molar refractivity (Wildman–Crippen MR) is 131 cm³/mol. The van der Waals surface area contributed by atoms with Crippen molar-refractivity contribution >= 4 is 60.7 Å². The van der Waals surface area contributed by atoms with E-state index in [9.17, 15) is 13.2 Å². The number of anilines is 1. The summed E-state index contributed by atoms with van der Waals surface area (Å²) in [7, 11) is -3.20. The number of thiophene rings is 1. The number of unbranched alkanes of at least 4 members (excludes halogenated alkanes) is 2. The van der Waals surface area contributed by atoms with E-state index in [2.05, 4.69) is 27.8 Å². The Morgan fingerprint density at radius 3 is 2.66 bits per heavy atom. The van der Waals surface area contributed by atoms with Crippen molar-refractivity contribution < 1.29 is 17.9 Å². The first kappa shape index (κ1) is 24.9. The molecular weight excluding hydrogens is 538 g/mol. The lowest BCUT2D eigenvalue weighted by molar-refractivity contribution is 0.0285. The van der Waals surface area contributed by atoms with Crippen molar-refractivity contribution in [3.63, 3.8) is 0 Å². The van der Waals surface area contributed by atoms with Gasteiger partial charge in [0, 0.05) is 23.4 Å². The molecule has 3 rings (SSSR count). The molecule has 0 N–H and O–H groups in total. The highest BCUT2D eigenvalue weighted by Crippen LogP contribution is 2.32. The number of nitrogens with zero attached hydrogens (tertiary/aromatic N) is 3. The summed E-state index contributed by atoms with van der Waals surface area (Å²) in [6, 6.07) is 10.6. The quantitative estimate of drug-likeness (QED) is 0.258. The van der Waals surface area contributed by atoms with E-state index >= 15 is 0 Å². The van der Waals surface area contributed by atoms with E-state index in [0.717, 1.165) is 40.5 Å². The average Bonchev–Trinajstić information content (AvgIpc) is 3.34. The third kappa shape index (κ3) is 5.79. The molecule has 1 atom stereocenters. The van der Waals surface area contributed by atoms with E-state index in [1.807, 2.05) is 18.2 Å². The van der Waals surface area contributed by atoms with Crippen LogP contribution >= 0.6 is 38.9 Å². The molecule has 0 radical (unpaired) electrons. The first-order chi connectivity index (χ1) is 15.3. The zero-order valence-corrected chi connectivity index (χ0v) is 21.6. The number of hydrogen-bond donors (Lipinski definition) is 1. The minimum Gasteiger partial charge on any atom is -0.354 e. The zero-order chi connectivity index (χ0) is 23.3. The van der Waals surface area contributed by atoms with Gasteiger partial charge < -0.3 is 9.30 Å². The first-order valence-electron chi connectivity index (χ1n) is 9.99. The molecule has 1 aromatic carbocycles. The van der Waals surface area contributed by atoms with Gasteiger partial charge in [-0.2, -0.15) is 4.31 Å². The lowest BCUT2D eigenvalue weighted by Crippen LogP contribution is -2.28. The van der Waals surface area contributed by atoms with Gasteiger partial charge in [-0.05, 0) is 47.5 Å². The molecule has 1 unspecified atom stereocenters. The van der Waals surface area contributed by atoms with Crippen molar-refractivity contribution in [1.29, 1.82) is 0 Å². The van der Waals surface area contributed by atoms with E-state index in [1.165, 1.54) is 6.20 Å². The molecule has 0 aliphatic carbocycles. The number of hydrogen-bond acceptors (Lipinski definition) is 6. The van der Waals surface area contributed by atoms with E-state index in [1.54, 1.807) is 29.7 Å². The number of carbonyl (C=O) groups is 1. The fraction of sp³-hybridized carbons (Fsp3) is 0.333. The summed E-state index contributed by atoms with van der Waals surface area (Å²) >= 11 is 10.9. The second-order valence-corrected chi connectivity index (χ2v) is 10.7. The van der Waals surface area contributed by atoms with Gasteiger partial charge in [0.05, 0.1) is 3.79 Å². The Bertz CT molecular complexity index is 1150. The summed E-state index contributed by atoms with van der Waals surface area (Å²) in [6.07, 6.45) is 3.89. The third-order valence-corrected chi connectivity index (χ3v) is 7.52. The van der Waals surface area contributed by atoms with Gasteiger partial charge in [0.2, 0.25) is 10.9 Å². The topological polar surface area (TPSA) is 81.5 Å². The molecule has 11 heteroatoms. The largest absolute Gasteiger partial charge is 0.354 e. The lowest BCUT2D eigenvalue weighted by atomic mass is 10.2. The van der Waals surface area contributed by atoms with Gasteiger partial charge in [0.1, 0.15) is 16.5 Å². The minimum atomic E-state index is -3.20. The van der Waals surface area contributed by atoms with Crippen LogP contribution in [-0.2, 0) is 15.6 Å². The van der Waals surface area contributed by atoms with Crippen LogP contribution in [0, 0.1) is 6.92 Å². The third-order valence-electron chi connectivity index (χ3n) is 4.71. The van der Waals surface area contributed by atoms with Crippen molar-refractivity contribution in [2.45, 2.75) is 39.3 Å². The number of thiol groups is 1. The Hall–Kier alpha value is -1.72. The maximum absolute atomic E-state index is 13.1. The summed E-state index contributed by atoms with van der Waals surface area (Å²) in [6.45, 7) is 4.36. The molecule has 1 amide bonds. The minimum absolute atomic E-state index is 0.000402. The van der Waals surface area contributed by atoms with Gasteiger partial charge in [-0.3, -0.25) is 4.79 Å². The van der Waals surface area contributed by atoms with Crippen LogP contribution in [0.3, 0.4) is 0 Å². The summed E-state index contributed by atoms with van der Waals surface area (Å²) in [4.78, 5) is 17.4. The Kier molecular flexibility index (Phi) is 8.89. The van der Waals surface area contributed by atoms with Crippen molar-refractivity contribution in [2.75, 3.05) is 10.9 Å². The maximum atomic E-state index is 13.1. The second-order valence-electron chi connectivity index (χ2n) is 6.96. The molecule has 0 spiro atoms. The van der Waals surface area contributed by atoms with Gasteiger partial charge in [0.15, 0.2) is 6.23 Å². The Morgan fingerprint density at radius 2 is 2.03 bits per heavy atom. The summed E-state index contributed by atoms with van der Waals surface area (Å²) in [5, 5.41) is 0.810. The second kappa shape index (κ2) is 11.4. The smallest absolute Gasteiger partial charge is 0.292 e. The van der Waals surface area contributed by atoms with Crippen LogP contribution in [0.4, 0.5) is 5.00 Å². The highest BCUT2D eigenvalue weighted by Gasteiger charge is 2.27. The fourth-order valence-corrected chi connectivity index (χ4v) is 5.45. The van der Waals surface area contributed by atoms with Crippen LogP contribution in [0.1, 0.15) is 54.3 Å². The molecule has 0 saturated carbocycles. The molecule has 7 nitrogen and oxygen atoms in total. The molecule has 0 fully saturated rings. The average molecular weight is 561 g/mol. The van der Waals surface area contributed by atoms with Gasteiger partial charge in [0.25, 0.3) is 5.91 Å². The number of rotatable bonds is 10. The van der Waals surface area contributed by atoms with Crippen LogP contribution < -0.4 is 4.31 Å². The van der Waals surface area contributed by atoms with E-state index in [-0.39, 0.29) is 10.7 Å². The van der Waals surface area contributed by atoms with E-state index < -0.39 is 23.0 Å². The van der Waals surface area contributed by atoms with E-state index in [4.69, 9.17) is 16.3 Å². The molecule has 2 aromatic heterocycles. The SMILES string of the molecule is CCCCCOC(c1ccccc1Cl)n1cc(C(=O)N(c2ccc(Br)s2)[SH](=O)=O)nc1C. The molecule has 0 saturated heterocycles. The number of aromatic nitrogens is 2. The van der Waals surface area contributed by atoms with Gasteiger partial charge in [-0.1, -0.05) is 49.6 Å². The molecule has 2 heterocycles. The number of halogens is 2. The van der Waals surface area contributed by atoms with Gasteiger partial charge >= 0.3 is 0 Å². The molecule has 3 aromatic rings. The highest BCUT2D eigenvalue weighted by atomic mass is 79.9. The standard InChI is InChI=1S/C21H23BrClN3O4S2/c1-3-4-7-12-30-21(15-8-5-6-9-16(15)23)25-13-17(24-14(25)2)20(27)26(32(28)29)19-11-10-18(22)31-19/h5-6,8-11,13,21,32H,3-4,7,12H2,1-2H3. The molecular formula is C21H23BrClN3O4S2. The summed E-state index contributed by atoms with van der Waals surface area (Å²) in [5.41, 5.74) is 0.736. The van der Waals surface area contributed by atoms with Crippen LogP contribution in [0.5, 0.6) is 0 Å². The van der Waals surface area contributed by atoms with Crippen LogP contribution in [0.25, 0.3) is 0 Å². The number of carbonyl (C=O) groups excluding carboxylic acids is 1. The van der Waals surface area contributed by atoms with Crippen LogP contribution in [0.15, 0.2) is 46.4 Å². The molecule has 32 heavy (non-hydrogen) atoms. The summed E-state index contributed by atoms with van der Waals surface area (Å²) in [5.74, 6) is -0.233. The normalized spacial score (nSPS) is 12.3. The van der Waals surface area contributed by atoms with Crippen LogP contribution in [-0.4, -0.2) is 30.5 Å². The Labute approximate surface area is 206 Å². The monoisotopic (exact) mass is 559 g/mol. The number of amides is 1. The number of benzene rings is 1. The predicted octanol–water partition coefficient (Wildman–Crippen LogP) is 5.60. The zero-order valence-electron chi connectivity index (χ0n) is 17.5. The van der Waals surface area contributed by atoms with Crippen LogP contribution in [0.2, 0.25) is 5.02 Å². The summed E-state index contributed by atoms with van der Waals surface area (Å²) < 4.78 is 33.1. The van der Waals surface area contributed by atoms with Crippen molar-refractivity contribution in [1.82, 2.24) is 9.55 Å². The fourth-order valence-electron chi connectivity index (χ4n) is 3.15. The first-order valence-corrected chi connectivity index (χ1v) is 13.1. The van der Waals surface area contributed by atoms with Crippen molar-refractivity contribution in [2.24, 2.45) is 0 Å². The molecule has 172 valence electrons. The van der Waals surface area contributed by atoms with Crippen molar-refractivity contribution in [3.8, 4) is 0 Å². The number of aryl methyl sites for hydroxylation is 1. The van der Waals surface area contributed by atoms with E-state index in [0.29, 0.717) is 21.2 Å². The van der Waals surface area contributed by atoms with Gasteiger partial charge in [-0.25, -0.2) is 13.4 Å². The molecule has 0 bridgehead atoms.